The number of rotatable bonds is 8. The van der Waals surface area contributed by atoms with Gasteiger partial charge in [-0.1, -0.05) is 11.6 Å². The number of hydrogen-bond acceptors (Lipinski definition) is 4. The summed E-state index contributed by atoms with van der Waals surface area (Å²) in [6.45, 7) is 7.08. The lowest BCUT2D eigenvalue weighted by Crippen LogP contribution is -2.40. The van der Waals surface area contributed by atoms with Gasteiger partial charge in [-0.3, -0.25) is 4.90 Å². The Morgan fingerprint density at radius 3 is 2.14 bits per heavy atom. The molecule has 5 nitrogen and oxygen atoms in total. The smallest absolute Gasteiger partial charge is 0.414 e. The Morgan fingerprint density at radius 2 is 1.67 bits per heavy atom. The van der Waals surface area contributed by atoms with Crippen molar-refractivity contribution in [2.24, 2.45) is 0 Å². The number of anilines is 1. The maximum absolute atomic E-state index is 12.1. The Labute approximate surface area is 130 Å². The summed E-state index contributed by atoms with van der Waals surface area (Å²) >= 11 is 5.88. The van der Waals surface area contributed by atoms with E-state index in [1.54, 1.807) is 31.2 Å². The molecule has 6 heteroatoms. The molecule has 1 rings (SSSR count). The van der Waals surface area contributed by atoms with E-state index in [4.69, 9.17) is 25.8 Å². The van der Waals surface area contributed by atoms with E-state index in [1.165, 1.54) is 4.90 Å². The standard InChI is InChI=1S/C15H22ClNO4/c1-4-19-14(20-5-2)11-17(15(18)21-6-3)13-9-7-12(16)8-10-13/h7-10,14H,4-6,11H2,1-3H3. The van der Waals surface area contributed by atoms with Gasteiger partial charge in [0, 0.05) is 23.9 Å². The minimum absolute atomic E-state index is 0.252. The normalized spacial score (nSPS) is 10.7. The van der Waals surface area contributed by atoms with Crippen LogP contribution in [-0.2, 0) is 14.2 Å². The molecule has 0 unspecified atom stereocenters. The molecular weight excluding hydrogens is 294 g/mol. The third-order valence-corrected chi connectivity index (χ3v) is 2.92. The van der Waals surface area contributed by atoms with Crippen molar-refractivity contribution in [1.29, 1.82) is 0 Å². The third kappa shape index (κ3) is 5.91. The van der Waals surface area contributed by atoms with E-state index in [0.29, 0.717) is 30.5 Å². The molecule has 0 saturated heterocycles. The van der Waals surface area contributed by atoms with Gasteiger partial charge in [-0.2, -0.15) is 0 Å². The third-order valence-electron chi connectivity index (χ3n) is 2.66. The Bertz CT molecular complexity index is 418. The fraction of sp³-hybridized carbons (Fsp3) is 0.533. The van der Waals surface area contributed by atoms with Crippen LogP contribution in [0.15, 0.2) is 24.3 Å². The maximum atomic E-state index is 12.1. The molecule has 0 aliphatic carbocycles. The summed E-state index contributed by atoms with van der Waals surface area (Å²) < 4.78 is 16.1. The van der Waals surface area contributed by atoms with Gasteiger partial charge in [0.1, 0.15) is 0 Å². The van der Waals surface area contributed by atoms with Gasteiger partial charge < -0.3 is 14.2 Å². The second-order valence-electron chi connectivity index (χ2n) is 4.13. The Morgan fingerprint density at radius 1 is 1.10 bits per heavy atom. The second kappa shape index (κ2) is 9.60. The highest BCUT2D eigenvalue weighted by Gasteiger charge is 2.22. The Hall–Kier alpha value is -1.30. The van der Waals surface area contributed by atoms with Crippen molar-refractivity contribution in [3.05, 3.63) is 29.3 Å². The van der Waals surface area contributed by atoms with Gasteiger partial charge in [0.05, 0.1) is 13.2 Å². The SMILES string of the molecule is CCOC(=O)N(CC(OCC)OCC)c1ccc(Cl)cc1. The van der Waals surface area contributed by atoms with Crippen LogP contribution in [0.1, 0.15) is 20.8 Å². The molecule has 0 saturated carbocycles. The fourth-order valence-electron chi connectivity index (χ4n) is 1.78. The zero-order chi connectivity index (χ0) is 15.7. The molecule has 0 aromatic heterocycles. The average molecular weight is 316 g/mol. The zero-order valence-corrected chi connectivity index (χ0v) is 13.4. The highest BCUT2D eigenvalue weighted by Crippen LogP contribution is 2.20. The molecule has 0 bridgehead atoms. The summed E-state index contributed by atoms with van der Waals surface area (Å²) in [5.41, 5.74) is 0.683. The Balaban J connectivity index is 2.90. The summed E-state index contributed by atoms with van der Waals surface area (Å²) in [4.78, 5) is 13.6. The maximum Gasteiger partial charge on any atom is 0.414 e. The predicted molar refractivity (Wildman–Crippen MR) is 82.9 cm³/mol. The van der Waals surface area contributed by atoms with Gasteiger partial charge >= 0.3 is 6.09 Å². The summed E-state index contributed by atoms with van der Waals surface area (Å²) in [6.07, 6.45) is -0.940. The first-order chi connectivity index (χ1) is 10.1. The first kappa shape index (κ1) is 17.8. The van der Waals surface area contributed by atoms with E-state index in [0.717, 1.165) is 0 Å². The van der Waals surface area contributed by atoms with Crippen LogP contribution in [0.5, 0.6) is 0 Å². The molecule has 0 fully saturated rings. The van der Waals surface area contributed by atoms with E-state index in [1.807, 2.05) is 13.8 Å². The monoisotopic (exact) mass is 315 g/mol. The first-order valence-corrected chi connectivity index (χ1v) is 7.43. The van der Waals surface area contributed by atoms with Gasteiger partial charge in [-0.25, -0.2) is 4.79 Å². The fourth-order valence-corrected chi connectivity index (χ4v) is 1.91. The molecule has 0 aliphatic heterocycles. The summed E-state index contributed by atoms with van der Waals surface area (Å²) in [7, 11) is 0. The number of ether oxygens (including phenoxy) is 3. The lowest BCUT2D eigenvalue weighted by molar-refractivity contribution is -0.129. The second-order valence-corrected chi connectivity index (χ2v) is 4.56. The van der Waals surface area contributed by atoms with Crippen molar-refractivity contribution >= 4 is 23.4 Å². The molecule has 0 aliphatic rings. The first-order valence-electron chi connectivity index (χ1n) is 7.05. The largest absolute Gasteiger partial charge is 0.449 e. The van der Waals surface area contributed by atoms with Gasteiger partial charge in [-0.15, -0.1) is 0 Å². The number of carbonyl (C=O) groups excluding carboxylic acids is 1. The van der Waals surface area contributed by atoms with E-state index < -0.39 is 12.4 Å². The molecular formula is C15H22ClNO4. The summed E-state index contributed by atoms with van der Waals surface area (Å²) in [5, 5.41) is 0.605. The highest BCUT2D eigenvalue weighted by molar-refractivity contribution is 6.30. The van der Waals surface area contributed by atoms with Gasteiger partial charge in [0.2, 0.25) is 0 Å². The summed E-state index contributed by atoms with van der Waals surface area (Å²) in [5.74, 6) is 0. The molecule has 0 atom stereocenters. The minimum atomic E-state index is -0.500. The number of nitrogens with zero attached hydrogens (tertiary/aromatic N) is 1. The molecule has 0 N–H and O–H groups in total. The van der Waals surface area contributed by atoms with E-state index in [2.05, 4.69) is 0 Å². The van der Waals surface area contributed by atoms with Crippen LogP contribution < -0.4 is 4.90 Å². The molecule has 0 spiro atoms. The van der Waals surface area contributed by atoms with Crippen LogP contribution in [0.4, 0.5) is 10.5 Å². The van der Waals surface area contributed by atoms with Crippen LogP contribution in [0, 0.1) is 0 Å². The van der Waals surface area contributed by atoms with E-state index >= 15 is 0 Å². The van der Waals surface area contributed by atoms with Gasteiger partial charge in [0.25, 0.3) is 0 Å². The topological polar surface area (TPSA) is 48.0 Å². The van der Waals surface area contributed by atoms with Crippen LogP contribution in [0.2, 0.25) is 5.02 Å². The van der Waals surface area contributed by atoms with Crippen molar-refractivity contribution in [1.82, 2.24) is 0 Å². The van der Waals surface area contributed by atoms with Crippen LogP contribution >= 0.6 is 11.6 Å². The van der Waals surface area contributed by atoms with E-state index in [9.17, 15) is 4.79 Å². The van der Waals surface area contributed by atoms with Crippen LogP contribution in [0.3, 0.4) is 0 Å². The molecule has 118 valence electrons. The lowest BCUT2D eigenvalue weighted by atomic mass is 10.3. The highest BCUT2D eigenvalue weighted by atomic mass is 35.5. The van der Waals surface area contributed by atoms with Gasteiger partial charge in [0.15, 0.2) is 6.29 Å². The molecule has 1 amide bonds. The molecule has 1 aromatic rings. The quantitative estimate of drug-likeness (QED) is 0.686. The number of hydrogen-bond donors (Lipinski definition) is 0. The zero-order valence-electron chi connectivity index (χ0n) is 12.7. The van der Waals surface area contributed by atoms with Crippen molar-refractivity contribution in [2.75, 3.05) is 31.3 Å². The summed E-state index contributed by atoms with van der Waals surface area (Å²) in [6, 6.07) is 6.96. The number of benzene rings is 1. The number of carbonyl (C=O) groups is 1. The Kier molecular flexibility index (Phi) is 8.12. The average Bonchev–Trinajstić information content (AvgIpc) is 2.46. The minimum Gasteiger partial charge on any atom is -0.449 e. The van der Waals surface area contributed by atoms with Crippen molar-refractivity contribution in [3.63, 3.8) is 0 Å². The molecule has 21 heavy (non-hydrogen) atoms. The van der Waals surface area contributed by atoms with Crippen LogP contribution in [-0.4, -0.2) is 38.7 Å². The van der Waals surface area contributed by atoms with E-state index in [-0.39, 0.29) is 6.54 Å². The lowest BCUT2D eigenvalue weighted by Gasteiger charge is -2.26. The molecule has 0 heterocycles. The molecule has 1 aromatic carbocycles. The van der Waals surface area contributed by atoms with Gasteiger partial charge in [-0.05, 0) is 45.0 Å². The van der Waals surface area contributed by atoms with Crippen molar-refractivity contribution in [3.8, 4) is 0 Å². The number of amides is 1. The van der Waals surface area contributed by atoms with Crippen molar-refractivity contribution < 1.29 is 19.0 Å². The predicted octanol–water partition coefficient (Wildman–Crippen LogP) is 3.70. The van der Waals surface area contributed by atoms with Crippen LogP contribution in [0.25, 0.3) is 0 Å². The number of halogens is 1. The molecule has 0 radical (unpaired) electrons. The van der Waals surface area contributed by atoms with Crippen molar-refractivity contribution in [2.45, 2.75) is 27.1 Å².